The van der Waals surface area contributed by atoms with Gasteiger partial charge >= 0.3 is 0 Å². The molecule has 0 aliphatic carbocycles. The van der Waals surface area contributed by atoms with Crippen molar-refractivity contribution in [1.29, 1.82) is 0 Å². The molecule has 0 N–H and O–H groups in total. The van der Waals surface area contributed by atoms with E-state index in [0.717, 1.165) is 11.3 Å². The van der Waals surface area contributed by atoms with E-state index in [-0.39, 0.29) is 0 Å². The lowest BCUT2D eigenvalue weighted by atomic mass is 9.98. The van der Waals surface area contributed by atoms with Crippen LogP contribution in [-0.4, -0.2) is 12.1 Å². The van der Waals surface area contributed by atoms with Crippen LogP contribution in [0.15, 0.2) is 30.5 Å². The molecule has 1 aromatic heterocycles. The molecule has 92 valence electrons. The smallest absolute Gasteiger partial charge is 0.137 e. The average molecular weight is 231 g/mol. The number of aromatic nitrogens is 1. The molecule has 1 heterocycles. The third kappa shape index (κ3) is 2.96. The summed E-state index contributed by atoms with van der Waals surface area (Å²) >= 11 is 0. The zero-order chi connectivity index (χ0) is 12.8. The second kappa shape index (κ2) is 6.24. The van der Waals surface area contributed by atoms with Gasteiger partial charge in [0.15, 0.2) is 0 Å². The third-order valence-corrected chi connectivity index (χ3v) is 2.59. The number of pyridine rings is 1. The Morgan fingerprint density at radius 2 is 1.88 bits per heavy atom. The van der Waals surface area contributed by atoms with Crippen molar-refractivity contribution in [3.05, 3.63) is 36.0 Å². The zero-order valence-electron chi connectivity index (χ0n) is 11.3. The van der Waals surface area contributed by atoms with Gasteiger partial charge in [-0.3, -0.25) is 4.98 Å². The summed E-state index contributed by atoms with van der Waals surface area (Å²) in [5.41, 5.74) is 2.35. The molecule has 0 unspecified atom stereocenters. The van der Waals surface area contributed by atoms with Gasteiger partial charge < -0.3 is 4.74 Å². The summed E-state index contributed by atoms with van der Waals surface area (Å²) in [6, 6.07) is 8.28. The highest BCUT2D eigenvalue weighted by Crippen LogP contribution is 2.26. The minimum absolute atomic E-state index is 0.502. The molecule has 0 saturated heterocycles. The van der Waals surface area contributed by atoms with Crippen LogP contribution in [0.25, 0.3) is 10.9 Å². The summed E-state index contributed by atoms with van der Waals surface area (Å²) in [5, 5.41) is 1.19. The van der Waals surface area contributed by atoms with Crippen LogP contribution in [0.1, 0.15) is 39.2 Å². The van der Waals surface area contributed by atoms with E-state index in [1.165, 1.54) is 10.9 Å². The van der Waals surface area contributed by atoms with E-state index in [2.05, 4.69) is 37.0 Å². The standard InChI is InChI=1S/C13H15NO.C2H6/c1-9(2)11-5-4-6-13-12(11)7-10(15-3)8-14-13;1-2/h4-9H,1-3H3;1-2H3. The lowest BCUT2D eigenvalue weighted by Crippen LogP contribution is -1.92. The van der Waals surface area contributed by atoms with Gasteiger partial charge in [0, 0.05) is 5.39 Å². The molecule has 2 rings (SSSR count). The van der Waals surface area contributed by atoms with Crippen LogP contribution in [0, 0.1) is 0 Å². The second-order valence-electron chi connectivity index (χ2n) is 3.94. The SMILES string of the molecule is CC.COc1cnc2cccc(C(C)C)c2c1. The molecule has 17 heavy (non-hydrogen) atoms. The predicted octanol–water partition coefficient (Wildman–Crippen LogP) is 4.39. The lowest BCUT2D eigenvalue weighted by molar-refractivity contribution is 0.413. The van der Waals surface area contributed by atoms with Gasteiger partial charge in [0.2, 0.25) is 0 Å². The molecule has 0 spiro atoms. The fraction of sp³-hybridized carbons (Fsp3) is 0.400. The van der Waals surface area contributed by atoms with Crippen LogP contribution >= 0.6 is 0 Å². The normalized spacial score (nSPS) is 10.0. The minimum Gasteiger partial charge on any atom is -0.495 e. The Hall–Kier alpha value is -1.57. The van der Waals surface area contributed by atoms with Crippen molar-refractivity contribution in [2.75, 3.05) is 7.11 Å². The molecule has 2 heteroatoms. The van der Waals surface area contributed by atoms with Gasteiger partial charge in [-0.25, -0.2) is 0 Å². The van der Waals surface area contributed by atoms with E-state index in [1.807, 2.05) is 19.9 Å². The Balaban J connectivity index is 0.000000686. The molecule has 0 radical (unpaired) electrons. The Morgan fingerprint density at radius 1 is 1.18 bits per heavy atom. The first-order valence-corrected chi connectivity index (χ1v) is 6.15. The predicted molar refractivity (Wildman–Crippen MR) is 73.7 cm³/mol. The summed E-state index contributed by atoms with van der Waals surface area (Å²) in [4.78, 5) is 4.37. The first kappa shape index (κ1) is 13.5. The van der Waals surface area contributed by atoms with Gasteiger partial charge in [-0.1, -0.05) is 39.8 Å². The molecule has 0 atom stereocenters. The summed E-state index contributed by atoms with van der Waals surface area (Å²) in [6.07, 6.45) is 1.76. The maximum atomic E-state index is 5.19. The number of methoxy groups -OCH3 is 1. The highest BCUT2D eigenvalue weighted by Gasteiger charge is 2.06. The monoisotopic (exact) mass is 231 g/mol. The van der Waals surface area contributed by atoms with Crippen molar-refractivity contribution >= 4 is 10.9 Å². The van der Waals surface area contributed by atoms with Crippen LogP contribution in [-0.2, 0) is 0 Å². The van der Waals surface area contributed by atoms with Crippen molar-refractivity contribution < 1.29 is 4.74 Å². The van der Waals surface area contributed by atoms with Crippen LogP contribution in [0.5, 0.6) is 5.75 Å². The summed E-state index contributed by atoms with van der Waals surface area (Å²) < 4.78 is 5.19. The van der Waals surface area contributed by atoms with Gasteiger partial charge in [0.1, 0.15) is 5.75 Å². The van der Waals surface area contributed by atoms with Gasteiger partial charge in [0.25, 0.3) is 0 Å². The van der Waals surface area contributed by atoms with E-state index < -0.39 is 0 Å². The molecule has 0 saturated carbocycles. The van der Waals surface area contributed by atoms with Crippen molar-refractivity contribution in [2.45, 2.75) is 33.6 Å². The van der Waals surface area contributed by atoms with Crippen molar-refractivity contribution in [1.82, 2.24) is 4.98 Å². The molecule has 1 aromatic carbocycles. The first-order chi connectivity index (χ1) is 8.22. The van der Waals surface area contributed by atoms with Crippen molar-refractivity contribution in [3.8, 4) is 5.75 Å². The maximum absolute atomic E-state index is 5.19. The Bertz CT molecular complexity index is 477. The molecule has 2 nitrogen and oxygen atoms in total. The molecule has 2 aromatic rings. The molecule has 0 aliphatic rings. The molecule has 0 bridgehead atoms. The van der Waals surface area contributed by atoms with E-state index in [9.17, 15) is 0 Å². The Morgan fingerprint density at radius 3 is 2.47 bits per heavy atom. The van der Waals surface area contributed by atoms with Crippen molar-refractivity contribution in [3.63, 3.8) is 0 Å². The molecular weight excluding hydrogens is 210 g/mol. The summed E-state index contributed by atoms with van der Waals surface area (Å²) in [6.45, 7) is 8.38. The van der Waals surface area contributed by atoms with E-state index >= 15 is 0 Å². The van der Waals surface area contributed by atoms with Crippen LogP contribution in [0.3, 0.4) is 0 Å². The third-order valence-electron chi connectivity index (χ3n) is 2.59. The lowest BCUT2D eigenvalue weighted by Gasteiger charge is -2.10. The fourth-order valence-electron chi connectivity index (χ4n) is 1.77. The topological polar surface area (TPSA) is 22.1 Å². The molecule has 0 fully saturated rings. The van der Waals surface area contributed by atoms with Crippen LogP contribution in [0.2, 0.25) is 0 Å². The number of nitrogens with zero attached hydrogens (tertiary/aromatic N) is 1. The van der Waals surface area contributed by atoms with Crippen LogP contribution < -0.4 is 4.74 Å². The number of fused-ring (bicyclic) bond motifs is 1. The highest BCUT2D eigenvalue weighted by atomic mass is 16.5. The molecule has 0 aliphatic heterocycles. The van der Waals surface area contributed by atoms with Gasteiger partial charge in [-0.05, 0) is 23.6 Å². The number of hydrogen-bond acceptors (Lipinski definition) is 2. The van der Waals surface area contributed by atoms with E-state index in [1.54, 1.807) is 13.3 Å². The largest absolute Gasteiger partial charge is 0.495 e. The number of rotatable bonds is 2. The summed E-state index contributed by atoms with van der Waals surface area (Å²) in [5.74, 6) is 1.32. The van der Waals surface area contributed by atoms with Gasteiger partial charge in [-0.15, -0.1) is 0 Å². The highest BCUT2D eigenvalue weighted by molar-refractivity contribution is 5.83. The second-order valence-corrected chi connectivity index (χ2v) is 3.94. The average Bonchev–Trinajstić information content (AvgIpc) is 2.39. The van der Waals surface area contributed by atoms with E-state index in [4.69, 9.17) is 4.74 Å². The number of hydrogen-bond donors (Lipinski definition) is 0. The van der Waals surface area contributed by atoms with Gasteiger partial charge in [0.05, 0.1) is 18.8 Å². The molecule has 0 amide bonds. The first-order valence-electron chi connectivity index (χ1n) is 6.15. The minimum atomic E-state index is 0.502. The van der Waals surface area contributed by atoms with Crippen LogP contribution in [0.4, 0.5) is 0 Å². The number of ether oxygens (including phenoxy) is 1. The van der Waals surface area contributed by atoms with Crippen molar-refractivity contribution in [2.24, 2.45) is 0 Å². The summed E-state index contributed by atoms with van der Waals surface area (Å²) in [7, 11) is 1.67. The zero-order valence-corrected chi connectivity index (χ0v) is 11.3. The van der Waals surface area contributed by atoms with E-state index in [0.29, 0.717) is 5.92 Å². The molecular formula is C15H21NO. The quantitative estimate of drug-likeness (QED) is 0.764. The Labute approximate surface area is 104 Å². The van der Waals surface area contributed by atoms with Gasteiger partial charge in [-0.2, -0.15) is 0 Å². The number of benzene rings is 1. The maximum Gasteiger partial charge on any atom is 0.137 e. The Kier molecular flexibility index (Phi) is 4.95. The fourth-order valence-corrected chi connectivity index (χ4v) is 1.77.